The summed E-state index contributed by atoms with van der Waals surface area (Å²) in [5, 5.41) is 0. The van der Waals surface area contributed by atoms with Crippen molar-refractivity contribution in [3.63, 3.8) is 0 Å². The van der Waals surface area contributed by atoms with Gasteiger partial charge < -0.3 is 13.9 Å². The van der Waals surface area contributed by atoms with Crippen LogP contribution in [0.2, 0.25) is 0 Å². The maximum atomic E-state index is 11.5. The van der Waals surface area contributed by atoms with Crippen molar-refractivity contribution in [1.82, 2.24) is 4.57 Å². The van der Waals surface area contributed by atoms with Gasteiger partial charge in [0.2, 0.25) is 0 Å². The van der Waals surface area contributed by atoms with Crippen molar-refractivity contribution >= 4 is 0 Å². The molecule has 96 valence electrons. The van der Waals surface area contributed by atoms with E-state index in [2.05, 4.69) is 0 Å². The lowest BCUT2D eigenvalue weighted by molar-refractivity contribution is 0.355. The molecule has 0 radical (unpaired) electrons. The smallest absolute Gasteiger partial charge is 0.419 e. The van der Waals surface area contributed by atoms with E-state index < -0.39 is 0 Å². The molecule has 0 aliphatic rings. The lowest BCUT2D eigenvalue weighted by atomic mass is 10.1. The van der Waals surface area contributed by atoms with E-state index in [1.165, 1.54) is 4.57 Å². The third kappa shape index (κ3) is 1.88. The van der Waals surface area contributed by atoms with Gasteiger partial charge in [0.1, 0.15) is 0 Å². The van der Waals surface area contributed by atoms with Crippen LogP contribution in [0.4, 0.5) is 0 Å². The highest BCUT2D eigenvalue weighted by Gasteiger charge is 2.14. The minimum absolute atomic E-state index is 0.378. The first-order valence-electron chi connectivity index (χ1n) is 5.47. The van der Waals surface area contributed by atoms with Crippen molar-refractivity contribution in [2.75, 3.05) is 14.2 Å². The second-order valence-electron chi connectivity index (χ2n) is 3.91. The number of oxazole rings is 1. The van der Waals surface area contributed by atoms with E-state index in [1.807, 2.05) is 13.0 Å². The zero-order chi connectivity index (χ0) is 13.3. The summed E-state index contributed by atoms with van der Waals surface area (Å²) in [6, 6.07) is 5.39. The normalized spacial score (nSPS) is 10.4. The van der Waals surface area contributed by atoms with Crippen molar-refractivity contribution in [3.05, 3.63) is 34.4 Å². The summed E-state index contributed by atoms with van der Waals surface area (Å²) in [6.07, 6.45) is 0. The Labute approximate surface area is 105 Å². The molecule has 0 aliphatic carbocycles. The average molecular weight is 249 g/mol. The minimum atomic E-state index is -0.378. The van der Waals surface area contributed by atoms with Crippen LogP contribution in [-0.2, 0) is 7.05 Å². The first-order chi connectivity index (χ1) is 8.58. The molecular formula is C13H15NO4. The second-order valence-corrected chi connectivity index (χ2v) is 3.91. The van der Waals surface area contributed by atoms with Gasteiger partial charge in [0, 0.05) is 12.6 Å². The van der Waals surface area contributed by atoms with Crippen LogP contribution >= 0.6 is 0 Å². The number of hydrogen-bond donors (Lipinski definition) is 0. The Bertz CT molecular complexity index is 624. The molecule has 0 N–H and O–H groups in total. The number of hydrogen-bond acceptors (Lipinski definition) is 4. The average Bonchev–Trinajstić information content (AvgIpc) is 2.65. The monoisotopic (exact) mass is 249 g/mol. The summed E-state index contributed by atoms with van der Waals surface area (Å²) in [5.74, 6) is 1.40. The standard InChI is InChI=1S/C13H15NO4/c1-8-12(18-13(15)14(8)2)9-5-6-10(16-3)11(7-9)17-4/h5-7H,1-4H3. The van der Waals surface area contributed by atoms with Crippen LogP contribution in [0.25, 0.3) is 11.3 Å². The molecule has 0 bridgehead atoms. The van der Waals surface area contributed by atoms with Gasteiger partial charge >= 0.3 is 5.76 Å². The summed E-state index contributed by atoms with van der Waals surface area (Å²) >= 11 is 0. The molecular weight excluding hydrogens is 234 g/mol. The number of methoxy groups -OCH3 is 2. The zero-order valence-electron chi connectivity index (χ0n) is 10.8. The maximum Gasteiger partial charge on any atom is 0.419 e. The van der Waals surface area contributed by atoms with Crippen LogP contribution in [0.3, 0.4) is 0 Å². The number of aromatic nitrogens is 1. The summed E-state index contributed by atoms with van der Waals surface area (Å²) in [6.45, 7) is 1.83. The molecule has 0 fully saturated rings. The predicted molar refractivity (Wildman–Crippen MR) is 67.2 cm³/mol. The fourth-order valence-corrected chi connectivity index (χ4v) is 1.76. The lowest BCUT2D eigenvalue weighted by Crippen LogP contribution is -2.09. The quantitative estimate of drug-likeness (QED) is 0.834. The third-order valence-corrected chi connectivity index (χ3v) is 2.94. The predicted octanol–water partition coefficient (Wildman–Crippen LogP) is 1.97. The largest absolute Gasteiger partial charge is 0.493 e. The van der Waals surface area contributed by atoms with Gasteiger partial charge in [-0.05, 0) is 25.1 Å². The van der Waals surface area contributed by atoms with Crippen LogP contribution in [-0.4, -0.2) is 18.8 Å². The number of rotatable bonds is 3. The minimum Gasteiger partial charge on any atom is -0.493 e. The first kappa shape index (κ1) is 12.3. The topological polar surface area (TPSA) is 53.6 Å². The molecule has 2 rings (SSSR count). The molecule has 2 aromatic rings. The number of nitrogens with zero attached hydrogens (tertiary/aromatic N) is 1. The van der Waals surface area contributed by atoms with Crippen LogP contribution < -0.4 is 15.2 Å². The molecule has 0 saturated heterocycles. The number of benzene rings is 1. The molecule has 18 heavy (non-hydrogen) atoms. The Morgan fingerprint density at radius 3 is 2.33 bits per heavy atom. The lowest BCUT2D eigenvalue weighted by Gasteiger charge is -2.08. The van der Waals surface area contributed by atoms with E-state index in [1.54, 1.807) is 33.4 Å². The van der Waals surface area contributed by atoms with Crippen molar-refractivity contribution in [1.29, 1.82) is 0 Å². The molecule has 1 aromatic heterocycles. The SMILES string of the molecule is COc1ccc(-c2oc(=O)n(C)c2C)cc1OC. The summed E-state index contributed by atoms with van der Waals surface area (Å²) in [7, 11) is 4.81. The van der Waals surface area contributed by atoms with Gasteiger partial charge in [-0.1, -0.05) is 0 Å². The molecule has 0 unspecified atom stereocenters. The van der Waals surface area contributed by atoms with Crippen molar-refractivity contribution in [3.8, 4) is 22.8 Å². The van der Waals surface area contributed by atoms with Gasteiger partial charge in [0.15, 0.2) is 17.3 Å². The van der Waals surface area contributed by atoms with Crippen LogP contribution in [0.1, 0.15) is 5.69 Å². The van der Waals surface area contributed by atoms with Crippen molar-refractivity contribution < 1.29 is 13.9 Å². The fourth-order valence-electron chi connectivity index (χ4n) is 1.76. The van der Waals surface area contributed by atoms with Gasteiger partial charge in [-0.2, -0.15) is 0 Å². The fraction of sp³-hybridized carbons (Fsp3) is 0.308. The van der Waals surface area contributed by atoms with Gasteiger partial charge in [-0.25, -0.2) is 4.79 Å². The molecule has 1 heterocycles. The van der Waals surface area contributed by atoms with Gasteiger partial charge in [-0.3, -0.25) is 4.57 Å². The number of ether oxygens (including phenoxy) is 2. The maximum absolute atomic E-state index is 11.5. The van der Waals surface area contributed by atoms with E-state index >= 15 is 0 Å². The Hall–Kier alpha value is -2.17. The van der Waals surface area contributed by atoms with Crippen LogP contribution in [0.5, 0.6) is 11.5 Å². The third-order valence-electron chi connectivity index (χ3n) is 2.94. The van der Waals surface area contributed by atoms with Gasteiger partial charge in [-0.15, -0.1) is 0 Å². The Morgan fingerprint density at radius 2 is 1.83 bits per heavy atom. The Morgan fingerprint density at radius 1 is 1.17 bits per heavy atom. The highest BCUT2D eigenvalue weighted by atomic mass is 16.5. The summed E-state index contributed by atoms with van der Waals surface area (Å²) in [5.41, 5.74) is 1.55. The van der Waals surface area contributed by atoms with Crippen LogP contribution in [0, 0.1) is 6.92 Å². The summed E-state index contributed by atoms with van der Waals surface area (Å²) < 4.78 is 17.1. The molecule has 5 heteroatoms. The van der Waals surface area contributed by atoms with Gasteiger partial charge in [0.25, 0.3) is 0 Å². The van der Waals surface area contributed by atoms with E-state index in [4.69, 9.17) is 13.9 Å². The van der Waals surface area contributed by atoms with Gasteiger partial charge in [0.05, 0.1) is 19.9 Å². The highest BCUT2D eigenvalue weighted by molar-refractivity contribution is 5.64. The Balaban J connectivity index is 2.57. The molecule has 0 amide bonds. The zero-order valence-corrected chi connectivity index (χ0v) is 10.8. The molecule has 0 saturated carbocycles. The van der Waals surface area contributed by atoms with Crippen molar-refractivity contribution in [2.24, 2.45) is 7.05 Å². The Kier molecular flexibility index (Phi) is 3.14. The van der Waals surface area contributed by atoms with Crippen LogP contribution in [0.15, 0.2) is 27.4 Å². The van der Waals surface area contributed by atoms with E-state index in [0.29, 0.717) is 17.3 Å². The molecule has 5 nitrogen and oxygen atoms in total. The summed E-state index contributed by atoms with van der Waals surface area (Å²) in [4.78, 5) is 11.5. The van der Waals surface area contributed by atoms with E-state index in [-0.39, 0.29) is 5.76 Å². The highest BCUT2D eigenvalue weighted by Crippen LogP contribution is 2.32. The molecule has 0 atom stereocenters. The van der Waals surface area contributed by atoms with E-state index in [9.17, 15) is 4.79 Å². The van der Waals surface area contributed by atoms with Crippen molar-refractivity contribution in [2.45, 2.75) is 6.92 Å². The molecule has 0 aliphatic heterocycles. The molecule has 0 spiro atoms. The van der Waals surface area contributed by atoms with E-state index in [0.717, 1.165) is 11.3 Å². The first-order valence-corrected chi connectivity index (χ1v) is 5.47. The molecule has 1 aromatic carbocycles. The second kappa shape index (κ2) is 4.60.